The number of nitrogens with one attached hydrogen (secondary N) is 1. The van der Waals surface area contributed by atoms with Gasteiger partial charge in [0, 0.05) is 23.3 Å². The van der Waals surface area contributed by atoms with Crippen molar-refractivity contribution in [1.82, 2.24) is 5.32 Å². The highest BCUT2D eigenvalue weighted by atomic mass is 32.2. The first-order valence-corrected chi connectivity index (χ1v) is 7.88. The first-order valence-electron chi connectivity index (χ1n) is 6.83. The third-order valence-corrected chi connectivity index (χ3v) is 5.37. The number of rotatable bonds is 5. The summed E-state index contributed by atoms with van der Waals surface area (Å²) in [4.78, 5) is 12.0. The third kappa shape index (κ3) is 3.38. The molecule has 98 valence electrons. The molecule has 2 aliphatic carbocycles. The van der Waals surface area contributed by atoms with Crippen LogP contribution >= 0.6 is 11.8 Å². The van der Waals surface area contributed by atoms with E-state index in [2.05, 4.69) is 12.2 Å². The molecule has 2 atom stereocenters. The number of thioether (sulfide) groups is 1. The van der Waals surface area contributed by atoms with Gasteiger partial charge < -0.3 is 11.1 Å². The standard InChI is InChI=1S/C13H24N2OS/c1-2-17-11-6-3-5-10(11)15-12(16)9-13(14)7-4-8-13/h10-11H,2-9,14H2,1H3,(H,15,16). The van der Waals surface area contributed by atoms with E-state index in [9.17, 15) is 4.79 Å². The fourth-order valence-corrected chi connectivity index (χ4v) is 4.09. The summed E-state index contributed by atoms with van der Waals surface area (Å²) in [6.07, 6.45) is 7.36. The van der Waals surface area contributed by atoms with Crippen LogP contribution in [0, 0.1) is 0 Å². The Hall–Kier alpha value is -0.220. The zero-order valence-corrected chi connectivity index (χ0v) is 11.5. The highest BCUT2D eigenvalue weighted by Gasteiger charge is 2.36. The Balaban J connectivity index is 1.77. The summed E-state index contributed by atoms with van der Waals surface area (Å²) in [5.74, 6) is 1.30. The molecule has 2 aliphatic rings. The molecule has 2 fully saturated rings. The molecule has 0 spiro atoms. The van der Waals surface area contributed by atoms with E-state index in [0.29, 0.717) is 17.7 Å². The van der Waals surface area contributed by atoms with Gasteiger partial charge in [-0.15, -0.1) is 0 Å². The summed E-state index contributed by atoms with van der Waals surface area (Å²) in [5, 5.41) is 3.82. The van der Waals surface area contributed by atoms with Crippen LogP contribution in [0.2, 0.25) is 0 Å². The van der Waals surface area contributed by atoms with Gasteiger partial charge in [-0.05, 0) is 37.9 Å². The summed E-state index contributed by atoms with van der Waals surface area (Å²) >= 11 is 1.98. The molecule has 0 heterocycles. The average molecular weight is 256 g/mol. The Morgan fingerprint density at radius 1 is 1.41 bits per heavy atom. The van der Waals surface area contributed by atoms with E-state index in [0.717, 1.165) is 25.0 Å². The molecule has 0 bridgehead atoms. The minimum Gasteiger partial charge on any atom is -0.352 e. The van der Waals surface area contributed by atoms with Crippen molar-refractivity contribution in [1.29, 1.82) is 0 Å². The smallest absolute Gasteiger partial charge is 0.222 e. The molecule has 0 aromatic carbocycles. The summed E-state index contributed by atoms with van der Waals surface area (Å²) in [6.45, 7) is 2.19. The molecule has 1 amide bonds. The second kappa shape index (κ2) is 5.61. The number of hydrogen-bond donors (Lipinski definition) is 2. The van der Waals surface area contributed by atoms with Crippen molar-refractivity contribution in [3.63, 3.8) is 0 Å². The Kier molecular flexibility index (Phi) is 4.36. The van der Waals surface area contributed by atoms with Gasteiger partial charge in [0.05, 0.1) is 0 Å². The number of amides is 1. The molecule has 2 unspecified atom stereocenters. The lowest BCUT2D eigenvalue weighted by Gasteiger charge is -2.37. The van der Waals surface area contributed by atoms with Gasteiger partial charge in [-0.25, -0.2) is 0 Å². The van der Waals surface area contributed by atoms with Gasteiger partial charge in [0.15, 0.2) is 0 Å². The number of nitrogens with two attached hydrogens (primary N) is 1. The van der Waals surface area contributed by atoms with E-state index < -0.39 is 0 Å². The van der Waals surface area contributed by atoms with Crippen LogP contribution in [0.1, 0.15) is 51.9 Å². The minimum absolute atomic E-state index is 0.167. The number of hydrogen-bond acceptors (Lipinski definition) is 3. The normalized spacial score (nSPS) is 30.9. The summed E-state index contributed by atoms with van der Waals surface area (Å²) in [7, 11) is 0. The van der Waals surface area contributed by atoms with Crippen molar-refractivity contribution in [3.05, 3.63) is 0 Å². The molecule has 0 aliphatic heterocycles. The van der Waals surface area contributed by atoms with Crippen molar-refractivity contribution < 1.29 is 4.79 Å². The molecular formula is C13H24N2OS. The van der Waals surface area contributed by atoms with Gasteiger partial charge in [0.2, 0.25) is 5.91 Å². The zero-order valence-electron chi connectivity index (χ0n) is 10.7. The lowest BCUT2D eigenvalue weighted by molar-refractivity contribution is -0.123. The molecule has 0 saturated heterocycles. The maximum atomic E-state index is 12.0. The van der Waals surface area contributed by atoms with E-state index >= 15 is 0 Å². The minimum atomic E-state index is -0.184. The Labute approximate surface area is 108 Å². The largest absolute Gasteiger partial charge is 0.352 e. The van der Waals surface area contributed by atoms with Crippen LogP contribution in [0.5, 0.6) is 0 Å². The highest BCUT2D eigenvalue weighted by molar-refractivity contribution is 7.99. The predicted octanol–water partition coefficient (Wildman–Crippen LogP) is 2.05. The van der Waals surface area contributed by atoms with Gasteiger partial charge in [0.25, 0.3) is 0 Å². The molecule has 4 heteroatoms. The van der Waals surface area contributed by atoms with Crippen LogP contribution in [-0.4, -0.2) is 28.5 Å². The van der Waals surface area contributed by atoms with Gasteiger partial charge in [-0.2, -0.15) is 11.8 Å². The first-order chi connectivity index (χ1) is 8.13. The summed E-state index contributed by atoms with van der Waals surface area (Å²) in [6, 6.07) is 0.385. The Morgan fingerprint density at radius 2 is 2.18 bits per heavy atom. The molecule has 0 aromatic rings. The Morgan fingerprint density at radius 3 is 2.76 bits per heavy atom. The average Bonchev–Trinajstić information content (AvgIpc) is 2.64. The van der Waals surface area contributed by atoms with Gasteiger partial charge in [-0.1, -0.05) is 13.3 Å². The highest BCUT2D eigenvalue weighted by Crippen LogP contribution is 2.33. The lowest BCUT2D eigenvalue weighted by atomic mass is 9.75. The second-order valence-electron chi connectivity index (χ2n) is 5.49. The molecular weight excluding hydrogens is 232 g/mol. The van der Waals surface area contributed by atoms with E-state index in [1.807, 2.05) is 11.8 Å². The zero-order chi connectivity index (χ0) is 12.3. The maximum Gasteiger partial charge on any atom is 0.222 e. The molecule has 0 radical (unpaired) electrons. The van der Waals surface area contributed by atoms with Crippen LogP contribution in [0.3, 0.4) is 0 Å². The predicted molar refractivity (Wildman–Crippen MR) is 73.1 cm³/mol. The van der Waals surface area contributed by atoms with Crippen LogP contribution in [-0.2, 0) is 4.79 Å². The fraction of sp³-hybridized carbons (Fsp3) is 0.923. The van der Waals surface area contributed by atoms with Crippen molar-refractivity contribution in [3.8, 4) is 0 Å². The molecule has 3 N–H and O–H groups in total. The molecule has 17 heavy (non-hydrogen) atoms. The van der Waals surface area contributed by atoms with Crippen LogP contribution in [0.15, 0.2) is 0 Å². The van der Waals surface area contributed by atoms with Crippen molar-refractivity contribution >= 4 is 17.7 Å². The van der Waals surface area contributed by atoms with E-state index in [-0.39, 0.29) is 11.4 Å². The van der Waals surface area contributed by atoms with Gasteiger partial charge in [-0.3, -0.25) is 4.79 Å². The molecule has 0 aromatic heterocycles. The topological polar surface area (TPSA) is 55.1 Å². The van der Waals surface area contributed by atoms with Crippen molar-refractivity contribution in [2.45, 2.75) is 68.7 Å². The molecule has 2 saturated carbocycles. The van der Waals surface area contributed by atoms with E-state index in [1.165, 1.54) is 19.3 Å². The molecule has 2 rings (SSSR count). The van der Waals surface area contributed by atoms with Crippen LogP contribution < -0.4 is 11.1 Å². The summed E-state index contributed by atoms with van der Waals surface area (Å²) in [5.41, 5.74) is 5.92. The van der Waals surface area contributed by atoms with Crippen molar-refractivity contribution in [2.24, 2.45) is 5.73 Å². The van der Waals surface area contributed by atoms with Crippen LogP contribution in [0.4, 0.5) is 0 Å². The maximum absolute atomic E-state index is 12.0. The van der Waals surface area contributed by atoms with E-state index in [4.69, 9.17) is 5.73 Å². The third-order valence-electron chi connectivity index (χ3n) is 4.04. The quantitative estimate of drug-likeness (QED) is 0.791. The van der Waals surface area contributed by atoms with Gasteiger partial charge >= 0.3 is 0 Å². The first kappa shape index (κ1) is 13.2. The summed E-state index contributed by atoms with van der Waals surface area (Å²) < 4.78 is 0. The molecule has 3 nitrogen and oxygen atoms in total. The van der Waals surface area contributed by atoms with E-state index in [1.54, 1.807) is 0 Å². The van der Waals surface area contributed by atoms with Crippen molar-refractivity contribution in [2.75, 3.05) is 5.75 Å². The Bertz CT molecular complexity index is 279. The van der Waals surface area contributed by atoms with Crippen LogP contribution in [0.25, 0.3) is 0 Å². The second-order valence-corrected chi connectivity index (χ2v) is 7.01. The number of carbonyl (C=O) groups excluding carboxylic acids is 1. The fourth-order valence-electron chi connectivity index (χ4n) is 2.89. The van der Waals surface area contributed by atoms with Gasteiger partial charge in [0.1, 0.15) is 0 Å². The SMILES string of the molecule is CCSC1CCCC1NC(=O)CC1(N)CCC1. The monoisotopic (exact) mass is 256 g/mol. The lowest BCUT2D eigenvalue weighted by Crippen LogP contribution is -2.51. The number of carbonyl (C=O) groups is 1.